The second-order valence-corrected chi connectivity index (χ2v) is 4.76. The molecule has 0 saturated heterocycles. The van der Waals surface area contributed by atoms with Crippen molar-refractivity contribution in [1.82, 2.24) is 0 Å². The minimum atomic E-state index is -0.786. The highest BCUT2D eigenvalue weighted by Crippen LogP contribution is 2.29. The number of para-hydroxylation sites is 1. The fourth-order valence-corrected chi connectivity index (χ4v) is 2.55. The van der Waals surface area contributed by atoms with E-state index in [1.165, 1.54) is 31.7 Å². The van der Waals surface area contributed by atoms with Gasteiger partial charge in [-0.15, -0.1) is 0 Å². The molecule has 5 heteroatoms. The minimum absolute atomic E-state index is 0.276. The quantitative estimate of drug-likeness (QED) is 0.641. The van der Waals surface area contributed by atoms with Crippen LogP contribution in [0.3, 0.4) is 0 Å². The number of halogens is 1. The standard InChI is InChI=1S/C13H17FN2O2/c14-11-6-3-7-12(13(11)16(17)18)15-9-8-10-4-1-2-5-10/h3,6-7,10,15H,1-2,4-5,8-9H2. The Balaban J connectivity index is 1.96. The first kappa shape index (κ1) is 12.8. The van der Waals surface area contributed by atoms with Crippen LogP contribution in [0.25, 0.3) is 0 Å². The highest BCUT2D eigenvalue weighted by Gasteiger charge is 2.20. The molecule has 4 nitrogen and oxygen atoms in total. The highest BCUT2D eigenvalue weighted by molar-refractivity contribution is 5.61. The molecule has 0 bridgehead atoms. The van der Waals surface area contributed by atoms with Gasteiger partial charge >= 0.3 is 5.69 Å². The van der Waals surface area contributed by atoms with Crippen molar-refractivity contribution in [2.75, 3.05) is 11.9 Å². The summed E-state index contributed by atoms with van der Waals surface area (Å²) in [5.41, 5.74) is -0.179. The normalized spacial score (nSPS) is 15.8. The third-order valence-corrected chi connectivity index (χ3v) is 3.51. The fraction of sp³-hybridized carbons (Fsp3) is 0.538. The SMILES string of the molecule is O=[N+]([O-])c1c(F)cccc1NCCC1CCCC1. The van der Waals surface area contributed by atoms with Crippen molar-refractivity contribution in [1.29, 1.82) is 0 Å². The molecule has 1 aliphatic rings. The van der Waals surface area contributed by atoms with Gasteiger partial charge in [-0.25, -0.2) is 0 Å². The second-order valence-electron chi connectivity index (χ2n) is 4.76. The van der Waals surface area contributed by atoms with Gasteiger partial charge in [-0.2, -0.15) is 4.39 Å². The first-order valence-corrected chi connectivity index (χ1v) is 6.35. The number of rotatable bonds is 5. The predicted octanol–water partition coefficient (Wildman–Crippen LogP) is 3.73. The van der Waals surface area contributed by atoms with Crippen LogP contribution in [0.5, 0.6) is 0 Å². The lowest BCUT2D eigenvalue weighted by Gasteiger charge is -2.11. The zero-order valence-corrected chi connectivity index (χ0v) is 10.2. The van der Waals surface area contributed by atoms with E-state index in [2.05, 4.69) is 5.32 Å². The summed E-state index contributed by atoms with van der Waals surface area (Å²) in [6, 6.07) is 4.15. The van der Waals surface area contributed by atoms with Gasteiger partial charge in [0.2, 0.25) is 5.82 Å². The summed E-state index contributed by atoms with van der Waals surface area (Å²) < 4.78 is 13.3. The van der Waals surface area contributed by atoms with Gasteiger partial charge in [0.1, 0.15) is 5.69 Å². The van der Waals surface area contributed by atoms with Crippen LogP contribution in [-0.2, 0) is 0 Å². The zero-order chi connectivity index (χ0) is 13.0. The average Bonchev–Trinajstić information content (AvgIpc) is 2.81. The van der Waals surface area contributed by atoms with Crippen molar-refractivity contribution in [3.63, 3.8) is 0 Å². The topological polar surface area (TPSA) is 55.2 Å². The lowest BCUT2D eigenvalue weighted by Crippen LogP contribution is -2.08. The van der Waals surface area contributed by atoms with Gasteiger partial charge in [0, 0.05) is 6.54 Å². The van der Waals surface area contributed by atoms with Gasteiger partial charge in [0.15, 0.2) is 0 Å². The van der Waals surface area contributed by atoms with Gasteiger partial charge in [0.05, 0.1) is 4.92 Å². The number of hydrogen-bond donors (Lipinski definition) is 1. The summed E-state index contributed by atoms with van der Waals surface area (Å²) in [5.74, 6) is -0.0732. The lowest BCUT2D eigenvalue weighted by atomic mass is 10.0. The molecule has 0 aliphatic heterocycles. The lowest BCUT2D eigenvalue weighted by molar-refractivity contribution is -0.386. The number of anilines is 1. The summed E-state index contributed by atoms with van der Waals surface area (Å²) in [4.78, 5) is 10.1. The molecule has 0 amide bonds. The Bertz CT molecular complexity index is 431. The van der Waals surface area contributed by atoms with E-state index in [0.29, 0.717) is 12.5 Å². The monoisotopic (exact) mass is 252 g/mol. The molecule has 0 aromatic heterocycles. The van der Waals surface area contributed by atoms with Crippen LogP contribution in [-0.4, -0.2) is 11.5 Å². The van der Waals surface area contributed by atoms with Crippen LogP contribution in [0, 0.1) is 21.8 Å². The van der Waals surface area contributed by atoms with Gasteiger partial charge in [-0.1, -0.05) is 31.7 Å². The van der Waals surface area contributed by atoms with E-state index in [0.717, 1.165) is 12.5 Å². The Morgan fingerprint density at radius 3 is 2.78 bits per heavy atom. The summed E-state index contributed by atoms with van der Waals surface area (Å²) >= 11 is 0. The average molecular weight is 252 g/mol. The molecule has 1 aliphatic carbocycles. The van der Waals surface area contributed by atoms with Crippen molar-refractivity contribution in [2.45, 2.75) is 32.1 Å². The molecule has 0 heterocycles. The molecule has 1 aromatic rings. The Labute approximate surface area is 105 Å². The molecule has 1 N–H and O–H groups in total. The van der Waals surface area contributed by atoms with E-state index in [1.807, 2.05) is 0 Å². The molecule has 1 aromatic carbocycles. The third kappa shape index (κ3) is 2.97. The molecule has 1 fully saturated rings. The van der Waals surface area contributed by atoms with E-state index >= 15 is 0 Å². The molecular formula is C13H17FN2O2. The number of nitro groups is 1. The maximum absolute atomic E-state index is 13.3. The maximum Gasteiger partial charge on any atom is 0.327 e. The largest absolute Gasteiger partial charge is 0.379 e. The first-order valence-electron chi connectivity index (χ1n) is 6.35. The summed E-state index contributed by atoms with van der Waals surface area (Å²) in [5, 5.41) is 13.8. The van der Waals surface area contributed by atoms with Crippen molar-refractivity contribution in [2.24, 2.45) is 5.92 Å². The van der Waals surface area contributed by atoms with Gasteiger partial charge in [-0.05, 0) is 24.5 Å². The number of nitrogens with zero attached hydrogens (tertiary/aromatic N) is 1. The number of benzene rings is 1. The Hall–Kier alpha value is -1.65. The van der Waals surface area contributed by atoms with Gasteiger partial charge < -0.3 is 5.32 Å². The number of hydrogen-bond acceptors (Lipinski definition) is 3. The molecule has 0 radical (unpaired) electrons. The van der Waals surface area contributed by atoms with E-state index in [-0.39, 0.29) is 5.69 Å². The van der Waals surface area contributed by atoms with Crippen molar-refractivity contribution >= 4 is 11.4 Å². The Kier molecular flexibility index (Phi) is 4.12. The summed E-state index contributed by atoms with van der Waals surface area (Å²) in [7, 11) is 0. The van der Waals surface area contributed by atoms with Crippen molar-refractivity contribution < 1.29 is 9.31 Å². The Morgan fingerprint density at radius 2 is 2.11 bits per heavy atom. The van der Waals surface area contributed by atoms with Crippen molar-refractivity contribution in [3.8, 4) is 0 Å². The molecule has 1 saturated carbocycles. The van der Waals surface area contributed by atoms with Gasteiger partial charge in [-0.3, -0.25) is 10.1 Å². The molecule has 0 unspecified atom stereocenters. The first-order chi connectivity index (χ1) is 8.68. The van der Waals surface area contributed by atoms with Crippen LogP contribution < -0.4 is 5.32 Å². The molecule has 2 rings (SSSR count). The summed E-state index contributed by atoms with van der Waals surface area (Å²) in [6.07, 6.45) is 6.04. The number of nitrogens with one attached hydrogen (secondary N) is 1. The van der Waals surface area contributed by atoms with Crippen LogP contribution in [0.4, 0.5) is 15.8 Å². The fourth-order valence-electron chi connectivity index (χ4n) is 2.55. The predicted molar refractivity (Wildman–Crippen MR) is 68.1 cm³/mol. The maximum atomic E-state index is 13.3. The van der Waals surface area contributed by atoms with Crippen molar-refractivity contribution in [3.05, 3.63) is 34.1 Å². The van der Waals surface area contributed by atoms with Crippen LogP contribution in [0.15, 0.2) is 18.2 Å². The molecule has 18 heavy (non-hydrogen) atoms. The second kappa shape index (κ2) is 5.80. The van der Waals surface area contributed by atoms with Gasteiger partial charge in [0.25, 0.3) is 0 Å². The molecule has 98 valence electrons. The molecule has 0 spiro atoms. The van der Waals surface area contributed by atoms with E-state index < -0.39 is 16.4 Å². The molecule has 0 atom stereocenters. The number of nitro benzene ring substituents is 1. The van der Waals surface area contributed by atoms with Crippen LogP contribution in [0.2, 0.25) is 0 Å². The van der Waals surface area contributed by atoms with E-state index in [4.69, 9.17) is 0 Å². The minimum Gasteiger partial charge on any atom is -0.379 e. The van der Waals surface area contributed by atoms with E-state index in [9.17, 15) is 14.5 Å². The smallest absolute Gasteiger partial charge is 0.327 e. The molecular weight excluding hydrogens is 235 g/mol. The third-order valence-electron chi connectivity index (χ3n) is 3.51. The van der Waals surface area contributed by atoms with E-state index in [1.54, 1.807) is 6.07 Å². The summed E-state index contributed by atoms with van der Waals surface area (Å²) in [6.45, 7) is 0.662. The highest BCUT2D eigenvalue weighted by atomic mass is 19.1. The zero-order valence-electron chi connectivity index (χ0n) is 10.2. The van der Waals surface area contributed by atoms with Crippen LogP contribution in [0.1, 0.15) is 32.1 Å². The van der Waals surface area contributed by atoms with Crippen LogP contribution >= 0.6 is 0 Å². The Morgan fingerprint density at radius 1 is 1.39 bits per heavy atom.